The van der Waals surface area contributed by atoms with Gasteiger partial charge in [0.2, 0.25) is 0 Å². The number of hydrogen-bond acceptors (Lipinski definition) is 4. The predicted octanol–water partition coefficient (Wildman–Crippen LogP) is 2.42. The van der Waals surface area contributed by atoms with Gasteiger partial charge in [-0.15, -0.1) is 0 Å². The Hall–Kier alpha value is -2.89. The number of hydrogen-bond donors (Lipinski definition) is 1. The molecule has 1 N–H and O–H groups in total. The number of aliphatic carboxylic acids is 1. The molecule has 118 valence electrons. The molecule has 1 aromatic heterocycles. The Morgan fingerprint density at radius 1 is 1.17 bits per heavy atom. The Labute approximate surface area is 133 Å². The van der Waals surface area contributed by atoms with E-state index in [9.17, 15) is 9.59 Å². The van der Waals surface area contributed by atoms with Crippen molar-refractivity contribution >= 4 is 11.9 Å². The second-order valence-corrected chi connectivity index (χ2v) is 5.39. The topological polar surface area (TPSA) is 79.7 Å². The minimum Gasteiger partial charge on any atom is -0.481 e. The van der Waals surface area contributed by atoms with Crippen molar-refractivity contribution in [2.45, 2.75) is 6.42 Å². The van der Waals surface area contributed by atoms with Crippen LogP contribution < -0.4 is 4.74 Å². The summed E-state index contributed by atoms with van der Waals surface area (Å²) in [5.41, 5.74) is 0.523. The molecule has 0 radical (unpaired) electrons. The lowest BCUT2D eigenvalue weighted by Crippen LogP contribution is -2.29. The van der Waals surface area contributed by atoms with Crippen LogP contribution in [0.4, 0.5) is 0 Å². The first-order chi connectivity index (χ1) is 11.1. The van der Waals surface area contributed by atoms with Gasteiger partial charge in [0.1, 0.15) is 11.5 Å². The molecular formula is C17H16N2O4. The van der Waals surface area contributed by atoms with Gasteiger partial charge in [-0.2, -0.15) is 0 Å². The summed E-state index contributed by atoms with van der Waals surface area (Å²) in [7, 11) is 0. The Balaban J connectivity index is 1.65. The van der Waals surface area contributed by atoms with E-state index in [1.165, 1.54) is 0 Å². The third kappa shape index (κ3) is 3.48. The van der Waals surface area contributed by atoms with Crippen molar-refractivity contribution in [3.8, 4) is 11.5 Å². The number of amides is 1. The number of carbonyl (C=O) groups is 2. The van der Waals surface area contributed by atoms with Crippen molar-refractivity contribution in [1.82, 2.24) is 9.88 Å². The maximum Gasteiger partial charge on any atom is 0.308 e. The van der Waals surface area contributed by atoms with E-state index in [0.29, 0.717) is 30.0 Å². The average molecular weight is 312 g/mol. The Morgan fingerprint density at radius 2 is 1.96 bits per heavy atom. The highest BCUT2D eigenvalue weighted by Gasteiger charge is 2.31. The molecular weight excluding hydrogens is 296 g/mol. The minimum absolute atomic E-state index is 0.151. The van der Waals surface area contributed by atoms with E-state index in [4.69, 9.17) is 9.84 Å². The number of carbonyl (C=O) groups excluding carboxylic acids is 1. The van der Waals surface area contributed by atoms with Gasteiger partial charge >= 0.3 is 5.97 Å². The molecule has 6 nitrogen and oxygen atoms in total. The fourth-order valence-corrected chi connectivity index (χ4v) is 2.54. The van der Waals surface area contributed by atoms with Gasteiger partial charge in [-0.3, -0.25) is 14.6 Å². The van der Waals surface area contributed by atoms with E-state index in [2.05, 4.69) is 4.98 Å². The quantitative estimate of drug-likeness (QED) is 0.938. The number of aromatic nitrogens is 1. The molecule has 1 saturated heterocycles. The third-order valence-corrected chi connectivity index (χ3v) is 3.80. The van der Waals surface area contributed by atoms with Gasteiger partial charge < -0.3 is 14.7 Å². The molecule has 3 rings (SSSR count). The fraction of sp³-hybridized carbons (Fsp3) is 0.235. The second-order valence-electron chi connectivity index (χ2n) is 5.39. The van der Waals surface area contributed by atoms with Crippen molar-refractivity contribution in [3.05, 3.63) is 54.4 Å². The van der Waals surface area contributed by atoms with E-state index in [1.807, 2.05) is 0 Å². The zero-order valence-corrected chi connectivity index (χ0v) is 12.4. The van der Waals surface area contributed by atoms with Gasteiger partial charge in [-0.1, -0.05) is 0 Å². The average Bonchev–Trinajstić information content (AvgIpc) is 3.06. The van der Waals surface area contributed by atoms with E-state index in [-0.39, 0.29) is 12.5 Å². The molecule has 1 atom stereocenters. The van der Waals surface area contributed by atoms with Gasteiger partial charge in [0.05, 0.1) is 12.1 Å². The standard InChI is InChI=1S/C17H16N2O4/c20-16(19-9-7-13(11-19)17(21)22)12-3-5-14(6-4-12)23-15-2-1-8-18-10-15/h1-6,8,10,13H,7,9,11H2,(H,21,22). The lowest BCUT2D eigenvalue weighted by molar-refractivity contribution is -0.141. The van der Waals surface area contributed by atoms with E-state index >= 15 is 0 Å². The van der Waals surface area contributed by atoms with E-state index in [1.54, 1.807) is 53.7 Å². The molecule has 1 fully saturated rings. The summed E-state index contributed by atoms with van der Waals surface area (Å²) >= 11 is 0. The molecule has 0 bridgehead atoms. The van der Waals surface area contributed by atoms with Gasteiger partial charge in [0, 0.05) is 24.8 Å². The number of nitrogens with zero attached hydrogens (tertiary/aromatic N) is 2. The van der Waals surface area contributed by atoms with Crippen LogP contribution in [0.3, 0.4) is 0 Å². The van der Waals surface area contributed by atoms with Crippen molar-refractivity contribution < 1.29 is 19.4 Å². The molecule has 2 heterocycles. The summed E-state index contributed by atoms with van der Waals surface area (Å²) in [6.07, 6.45) is 3.77. The Morgan fingerprint density at radius 3 is 2.57 bits per heavy atom. The molecule has 1 aromatic carbocycles. The van der Waals surface area contributed by atoms with Crippen LogP contribution >= 0.6 is 0 Å². The van der Waals surface area contributed by atoms with E-state index < -0.39 is 11.9 Å². The highest BCUT2D eigenvalue weighted by Crippen LogP contribution is 2.23. The van der Waals surface area contributed by atoms with Crippen LogP contribution in [0.2, 0.25) is 0 Å². The predicted molar refractivity (Wildman–Crippen MR) is 82.4 cm³/mol. The molecule has 1 unspecified atom stereocenters. The van der Waals surface area contributed by atoms with Crippen LogP contribution in [0.5, 0.6) is 11.5 Å². The largest absolute Gasteiger partial charge is 0.481 e. The van der Waals surface area contributed by atoms with Crippen LogP contribution in [0.25, 0.3) is 0 Å². The highest BCUT2D eigenvalue weighted by atomic mass is 16.5. The number of carboxylic acid groups (broad SMARTS) is 1. The zero-order chi connectivity index (χ0) is 16.2. The second kappa shape index (κ2) is 6.48. The number of likely N-dealkylation sites (tertiary alicyclic amines) is 1. The summed E-state index contributed by atoms with van der Waals surface area (Å²) in [6, 6.07) is 10.4. The monoisotopic (exact) mass is 312 g/mol. The lowest BCUT2D eigenvalue weighted by atomic mass is 10.1. The van der Waals surface area contributed by atoms with Crippen molar-refractivity contribution in [3.63, 3.8) is 0 Å². The van der Waals surface area contributed by atoms with Crippen molar-refractivity contribution in [2.75, 3.05) is 13.1 Å². The van der Waals surface area contributed by atoms with Crippen LogP contribution in [-0.2, 0) is 4.79 Å². The maximum atomic E-state index is 12.4. The summed E-state index contributed by atoms with van der Waals surface area (Å²) in [6.45, 7) is 0.742. The summed E-state index contributed by atoms with van der Waals surface area (Å²) in [4.78, 5) is 28.9. The summed E-state index contributed by atoms with van der Waals surface area (Å²) < 4.78 is 5.62. The molecule has 1 aliphatic rings. The first kappa shape index (κ1) is 15.0. The SMILES string of the molecule is O=C(O)C1CCN(C(=O)c2ccc(Oc3cccnc3)cc2)C1. The smallest absolute Gasteiger partial charge is 0.308 e. The Kier molecular flexibility index (Phi) is 4.23. The van der Waals surface area contributed by atoms with E-state index in [0.717, 1.165) is 0 Å². The molecule has 6 heteroatoms. The zero-order valence-electron chi connectivity index (χ0n) is 12.4. The molecule has 2 aromatic rings. The molecule has 0 saturated carbocycles. The van der Waals surface area contributed by atoms with Crippen LogP contribution in [0, 0.1) is 5.92 Å². The molecule has 0 spiro atoms. The van der Waals surface area contributed by atoms with Crippen LogP contribution in [0.1, 0.15) is 16.8 Å². The highest BCUT2D eigenvalue weighted by molar-refractivity contribution is 5.95. The first-order valence-electron chi connectivity index (χ1n) is 7.33. The molecule has 1 aliphatic heterocycles. The Bertz CT molecular complexity index is 700. The van der Waals surface area contributed by atoms with Gasteiger partial charge in [0.15, 0.2) is 0 Å². The maximum absolute atomic E-state index is 12.4. The third-order valence-electron chi connectivity index (χ3n) is 3.80. The number of pyridine rings is 1. The lowest BCUT2D eigenvalue weighted by Gasteiger charge is -2.16. The number of carboxylic acids is 1. The number of rotatable bonds is 4. The number of ether oxygens (including phenoxy) is 1. The van der Waals surface area contributed by atoms with Gasteiger partial charge in [0.25, 0.3) is 5.91 Å². The molecule has 23 heavy (non-hydrogen) atoms. The molecule has 1 amide bonds. The van der Waals surface area contributed by atoms with Crippen LogP contribution in [0.15, 0.2) is 48.8 Å². The van der Waals surface area contributed by atoms with Crippen molar-refractivity contribution in [1.29, 1.82) is 0 Å². The summed E-state index contributed by atoms with van der Waals surface area (Å²) in [5, 5.41) is 9.00. The molecule has 0 aliphatic carbocycles. The number of benzene rings is 1. The summed E-state index contributed by atoms with van der Waals surface area (Å²) in [5.74, 6) is -0.232. The normalized spacial score (nSPS) is 17.0. The van der Waals surface area contributed by atoms with Gasteiger partial charge in [-0.25, -0.2) is 0 Å². The van der Waals surface area contributed by atoms with Crippen LogP contribution in [-0.4, -0.2) is 40.0 Å². The first-order valence-corrected chi connectivity index (χ1v) is 7.33. The van der Waals surface area contributed by atoms with Gasteiger partial charge in [-0.05, 0) is 42.8 Å². The fourth-order valence-electron chi connectivity index (χ4n) is 2.54. The van der Waals surface area contributed by atoms with Crippen molar-refractivity contribution in [2.24, 2.45) is 5.92 Å². The minimum atomic E-state index is -0.847.